The van der Waals surface area contributed by atoms with Crippen LogP contribution in [0.1, 0.15) is 5.69 Å². The van der Waals surface area contributed by atoms with E-state index in [-0.39, 0.29) is 12.4 Å². The fourth-order valence-corrected chi connectivity index (χ4v) is 3.54. The third-order valence-corrected chi connectivity index (χ3v) is 5.08. The van der Waals surface area contributed by atoms with Crippen LogP contribution in [0.5, 0.6) is 5.75 Å². The van der Waals surface area contributed by atoms with Gasteiger partial charge in [0.15, 0.2) is 0 Å². The molecular formula is C22H19FN4O4. The van der Waals surface area contributed by atoms with Gasteiger partial charge in [-0.2, -0.15) is 0 Å². The minimum Gasteiger partial charge on any atom is -0.486 e. The van der Waals surface area contributed by atoms with E-state index in [1.54, 1.807) is 30.5 Å². The summed E-state index contributed by atoms with van der Waals surface area (Å²) in [6, 6.07) is 13.4. The maximum Gasteiger partial charge on any atom is 0.339 e. The number of fused-ring (bicyclic) bond motifs is 1. The summed E-state index contributed by atoms with van der Waals surface area (Å²) in [7, 11) is 0. The van der Waals surface area contributed by atoms with Gasteiger partial charge in [-0.1, -0.05) is 17.3 Å². The molecule has 9 heteroatoms. The van der Waals surface area contributed by atoms with Gasteiger partial charge in [0.05, 0.1) is 42.2 Å². The first-order valence-electron chi connectivity index (χ1n) is 9.87. The topological polar surface area (TPSA) is 82.6 Å². The number of halogens is 1. The van der Waals surface area contributed by atoms with Crippen molar-refractivity contribution in [3.8, 4) is 11.4 Å². The summed E-state index contributed by atoms with van der Waals surface area (Å²) in [4.78, 5) is 13.7. The summed E-state index contributed by atoms with van der Waals surface area (Å²) in [6.45, 7) is 2.60. The fourth-order valence-electron chi connectivity index (χ4n) is 3.54. The maximum absolute atomic E-state index is 14.7. The van der Waals surface area contributed by atoms with Crippen LogP contribution in [0.15, 0.2) is 63.9 Å². The summed E-state index contributed by atoms with van der Waals surface area (Å²) in [5.74, 6) is 0.0810. The second kappa shape index (κ2) is 8.19. The van der Waals surface area contributed by atoms with Crippen LogP contribution in [-0.4, -0.2) is 41.3 Å². The van der Waals surface area contributed by atoms with Gasteiger partial charge in [0, 0.05) is 19.2 Å². The van der Waals surface area contributed by atoms with E-state index in [0.29, 0.717) is 60.1 Å². The van der Waals surface area contributed by atoms with Crippen LogP contribution < -0.4 is 15.3 Å². The third-order valence-electron chi connectivity index (χ3n) is 5.08. The van der Waals surface area contributed by atoms with Crippen molar-refractivity contribution in [3.63, 3.8) is 0 Å². The standard InChI is InChI=1S/C22H19FN4O4/c23-18-11-16(5-6-19(18)26-7-9-29-10-8-26)27-13-15(24-25-27)14-30-21-12-22(28)31-20-4-2-1-3-17(20)21/h1-6,11-13H,7-10,14H2. The van der Waals surface area contributed by atoms with Gasteiger partial charge < -0.3 is 18.8 Å². The Bertz CT molecular complexity index is 1280. The number of ether oxygens (including phenoxy) is 2. The number of para-hydroxylation sites is 1. The molecule has 0 aliphatic carbocycles. The molecule has 0 unspecified atom stereocenters. The van der Waals surface area contributed by atoms with E-state index < -0.39 is 5.63 Å². The molecule has 4 aromatic rings. The Morgan fingerprint density at radius 1 is 1.10 bits per heavy atom. The Balaban J connectivity index is 1.33. The molecule has 0 bridgehead atoms. The summed E-state index contributed by atoms with van der Waals surface area (Å²) in [6.07, 6.45) is 1.66. The lowest BCUT2D eigenvalue weighted by atomic mass is 10.2. The lowest BCUT2D eigenvalue weighted by molar-refractivity contribution is 0.122. The monoisotopic (exact) mass is 422 g/mol. The molecule has 2 aromatic carbocycles. The Hall–Kier alpha value is -3.72. The van der Waals surface area contributed by atoms with Gasteiger partial charge in [-0.25, -0.2) is 13.9 Å². The summed E-state index contributed by atoms with van der Waals surface area (Å²) in [5.41, 5.74) is 1.59. The van der Waals surface area contributed by atoms with Crippen LogP contribution in [0.25, 0.3) is 16.7 Å². The highest BCUT2D eigenvalue weighted by atomic mass is 19.1. The third kappa shape index (κ3) is 3.99. The number of anilines is 1. The molecule has 0 saturated carbocycles. The van der Waals surface area contributed by atoms with Crippen LogP contribution in [0, 0.1) is 5.82 Å². The Morgan fingerprint density at radius 2 is 1.94 bits per heavy atom. The lowest BCUT2D eigenvalue weighted by Crippen LogP contribution is -2.36. The predicted molar refractivity (Wildman–Crippen MR) is 111 cm³/mol. The molecule has 0 radical (unpaired) electrons. The van der Waals surface area contributed by atoms with Crippen molar-refractivity contribution in [2.75, 3.05) is 31.2 Å². The van der Waals surface area contributed by atoms with Crippen LogP contribution >= 0.6 is 0 Å². The van der Waals surface area contributed by atoms with Crippen molar-refractivity contribution in [3.05, 3.63) is 76.7 Å². The normalized spacial score (nSPS) is 14.2. The molecule has 3 heterocycles. The van der Waals surface area contributed by atoms with Crippen LogP contribution in [0.2, 0.25) is 0 Å². The molecule has 31 heavy (non-hydrogen) atoms. The number of rotatable bonds is 5. The second-order valence-electron chi connectivity index (χ2n) is 7.10. The van der Waals surface area contributed by atoms with Crippen molar-refractivity contribution in [1.82, 2.24) is 15.0 Å². The Morgan fingerprint density at radius 3 is 2.77 bits per heavy atom. The number of hydrogen-bond donors (Lipinski definition) is 0. The summed E-state index contributed by atoms with van der Waals surface area (Å²) in [5, 5.41) is 8.85. The highest BCUT2D eigenvalue weighted by Gasteiger charge is 2.16. The van der Waals surface area contributed by atoms with E-state index in [4.69, 9.17) is 13.9 Å². The first-order chi connectivity index (χ1) is 15.2. The average molecular weight is 422 g/mol. The van der Waals surface area contributed by atoms with E-state index in [9.17, 15) is 9.18 Å². The van der Waals surface area contributed by atoms with Gasteiger partial charge in [0.2, 0.25) is 0 Å². The van der Waals surface area contributed by atoms with Crippen molar-refractivity contribution < 1.29 is 18.3 Å². The molecule has 5 rings (SSSR count). The molecule has 1 saturated heterocycles. The van der Waals surface area contributed by atoms with Gasteiger partial charge in [0.1, 0.15) is 29.5 Å². The van der Waals surface area contributed by atoms with Crippen molar-refractivity contribution in [2.45, 2.75) is 6.61 Å². The zero-order chi connectivity index (χ0) is 21.2. The van der Waals surface area contributed by atoms with Crippen LogP contribution in [0.4, 0.5) is 10.1 Å². The maximum atomic E-state index is 14.7. The molecule has 0 N–H and O–H groups in total. The first kappa shape index (κ1) is 19.3. The average Bonchev–Trinajstić information content (AvgIpc) is 3.27. The molecule has 8 nitrogen and oxygen atoms in total. The van der Waals surface area contributed by atoms with Crippen molar-refractivity contribution in [2.24, 2.45) is 0 Å². The highest BCUT2D eigenvalue weighted by molar-refractivity contribution is 5.82. The quantitative estimate of drug-likeness (QED) is 0.457. The van der Waals surface area contributed by atoms with E-state index in [1.807, 2.05) is 17.0 Å². The van der Waals surface area contributed by atoms with Gasteiger partial charge in [-0.3, -0.25) is 0 Å². The SMILES string of the molecule is O=c1cc(OCc2cn(-c3ccc(N4CCOCC4)c(F)c3)nn2)c2ccccc2o1. The smallest absolute Gasteiger partial charge is 0.339 e. The molecule has 158 valence electrons. The lowest BCUT2D eigenvalue weighted by Gasteiger charge is -2.29. The van der Waals surface area contributed by atoms with Crippen molar-refractivity contribution >= 4 is 16.7 Å². The summed E-state index contributed by atoms with van der Waals surface area (Å²) >= 11 is 0. The van der Waals surface area contributed by atoms with Crippen molar-refractivity contribution in [1.29, 1.82) is 0 Å². The number of morpholine rings is 1. The van der Waals surface area contributed by atoms with Gasteiger partial charge >= 0.3 is 5.63 Å². The minimum atomic E-state index is -0.492. The molecule has 0 amide bonds. The van der Waals surface area contributed by atoms with Gasteiger partial charge in [-0.05, 0) is 24.3 Å². The number of hydrogen-bond acceptors (Lipinski definition) is 7. The number of aromatic nitrogens is 3. The minimum absolute atomic E-state index is 0.0990. The highest BCUT2D eigenvalue weighted by Crippen LogP contribution is 2.25. The molecule has 1 aliphatic heterocycles. The molecule has 2 aromatic heterocycles. The second-order valence-corrected chi connectivity index (χ2v) is 7.10. The zero-order valence-electron chi connectivity index (χ0n) is 16.5. The molecular weight excluding hydrogens is 403 g/mol. The van der Waals surface area contributed by atoms with Gasteiger partial charge in [-0.15, -0.1) is 5.10 Å². The molecule has 0 spiro atoms. The fraction of sp³-hybridized carbons (Fsp3) is 0.227. The number of benzene rings is 2. The van der Waals surface area contributed by atoms with E-state index in [1.165, 1.54) is 16.8 Å². The Labute approximate surface area is 176 Å². The molecule has 1 aliphatic rings. The molecule has 1 fully saturated rings. The van der Waals surface area contributed by atoms with E-state index in [0.717, 1.165) is 0 Å². The first-order valence-corrected chi connectivity index (χ1v) is 9.87. The van der Waals surface area contributed by atoms with E-state index >= 15 is 0 Å². The molecule has 0 atom stereocenters. The van der Waals surface area contributed by atoms with Crippen LogP contribution in [0.3, 0.4) is 0 Å². The summed E-state index contributed by atoms with van der Waals surface area (Å²) < 4.78 is 32.4. The predicted octanol–water partition coefficient (Wildman–Crippen LogP) is 2.93. The van der Waals surface area contributed by atoms with Crippen LogP contribution in [-0.2, 0) is 11.3 Å². The van der Waals surface area contributed by atoms with E-state index in [2.05, 4.69) is 10.3 Å². The largest absolute Gasteiger partial charge is 0.486 e. The van der Waals surface area contributed by atoms with Gasteiger partial charge in [0.25, 0.3) is 0 Å². The number of nitrogens with zero attached hydrogens (tertiary/aromatic N) is 4. The zero-order valence-corrected chi connectivity index (χ0v) is 16.5. The Kier molecular flexibility index (Phi) is 5.09.